The van der Waals surface area contributed by atoms with Crippen LogP contribution in [0, 0.1) is 6.92 Å². The minimum atomic E-state index is -0.700. The molecule has 1 unspecified atom stereocenters. The second-order valence-electron chi connectivity index (χ2n) is 5.16. The molecular formula is C15H22N2O2. The molecule has 0 saturated carbocycles. The van der Waals surface area contributed by atoms with Gasteiger partial charge < -0.3 is 10.4 Å². The maximum atomic E-state index is 11.4. The molecule has 2 rings (SSSR count). The second kappa shape index (κ2) is 6.68. The summed E-state index contributed by atoms with van der Waals surface area (Å²) in [5.41, 5.74) is 2.45. The summed E-state index contributed by atoms with van der Waals surface area (Å²) in [6, 6.07) is 7.98. The van der Waals surface area contributed by atoms with Crippen molar-refractivity contribution in [2.45, 2.75) is 25.8 Å². The van der Waals surface area contributed by atoms with Crippen LogP contribution in [0.3, 0.4) is 0 Å². The zero-order valence-corrected chi connectivity index (χ0v) is 11.4. The fraction of sp³-hybridized carbons (Fsp3) is 0.533. The van der Waals surface area contributed by atoms with Crippen molar-refractivity contribution >= 4 is 5.97 Å². The van der Waals surface area contributed by atoms with E-state index in [1.54, 1.807) is 0 Å². The third-order valence-electron chi connectivity index (χ3n) is 3.70. The first-order valence-electron chi connectivity index (χ1n) is 6.90. The summed E-state index contributed by atoms with van der Waals surface area (Å²) in [5.74, 6) is -0.700. The zero-order valence-electron chi connectivity index (χ0n) is 11.4. The number of rotatable bonds is 5. The lowest BCUT2D eigenvalue weighted by Gasteiger charge is -2.32. The average Bonchev–Trinajstić information content (AvgIpc) is 2.42. The van der Waals surface area contributed by atoms with E-state index in [2.05, 4.69) is 41.4 Å². The summed E-state index contributed by atoms with van der Waals surface area (Å²) in [6.45, 7) is 5.48. The summed E-state index contributed by atoms with van der Waals surface area (Å²) >= 11 is 0. The van der Waals surface area contributed by atoms with E-state index in [0.717, 1.165) is 32.6 Å². The van der Waals surface area contributed by atoms with Crippen molar-refractivity contribution in [3.05, 3.63) is 35.4 Å². The topological polar surface area (TPSA) is 52.6 Å². The highest BCUT2D eigenvalue weighted by Crippen LogP contribution is 2.12. The molecular weight excluding hydrogens is 240 g/mol. The number of carboxylic acids is 1. The van der Waals surface area contributed by atoms with Gasteiger partial charge in [0.2, 0.25) is 0 Å². The van der Waals surface area contributed by atoms with Gasteiger partial charge in [-0.25, -0.2) is 0 Å². The fourth-order valence-electron chi connectivity index (χ4n) is 2.51. The minimum absolute atomic E-state index is 0.358. The highest BCUT2D eigenvalue weighted by Gasteiger charge is 2.26. The van der Waals surface area contributed by atoms with Crippen LogP contribution in [0.25, 0.3) is 0 Å². The Morgan fingerprint density at radius 1 is 1.32 bits per heavy atom. The van der Waals surface area contributed by atoms with Crippen LogP contribution >= 0.6 is 0 Å². The Balaban J connectivity index is 1.93. The minimum Gasteiger partial charge on any atom is -0.480 e. The molecule has 4 heteroatoms. The normalized spacial score (nSPS) is 18.2. The maximum Gasteiger partial charge on any atom is 0.320 e. The van der Waals surface area contributed by atoms with Crippen molar-refractivity contribution in [2.24, 2.45) is 0 Å². The number of benzene rings is 1. The van der Waals surface area contributed by atoms with Crippen LogP contribution in [-0.2, 0) is 11.2 Å². The monoisotopic (exact) mass is 262 g/mol. The predicted octanol–water partition coefficient (Wildman–Crippen LogP) is 1.29. The summed E-state index contributed by atoms with van der Waals surface area (Å²) < 4.78 is 0. The number of piperazine rings is 1. The quantitative estimate of drug-likeness (QED) is 0.839. The van der Waals surface area contributed by atoms with E-state index in [0.29, 0.717) is 6.42 Å². The number of hydrogen-bond acceptors (Lipinski definition) is 3. The standard InChI is InChI=1S/C15H22N2O2/c1-12-2-4-13(5-3-12)6-7-14(15(18)19)17-10-8-16-9-11-17/h2-5,14,16H,6-11H2,1H3,(H,18,19). The zero-order chi connectivity index (χ0) is 13.7. The molecule has 1 fully saturated rings. The van der Waals surface area contributed by atoms with E-state index < -0.39 is 5.97 Å². The average molecular weight is 262 g/mol. The number of hydrogen-bond donors (Lipinski definition) is 2. The Bertz CT molecular complexity index is 411. The van der Waals surface area contributed by atoms with Crippen molar-refractivity contribution in [1.29, 1.82) is 0 Å². The van der Waals surface area contributed by atoms with Gasteiger partial charge in [0.15, 0.2) is 0 Å². The molecule has 0 aliphatic carbocycles. The van der Waals surface area contributed by atoms with E-state index in [4.69, 9.17) is 0 Å². The van der Waals surface area contributed by atoms with E-state index in [1.165, 1.54) is 11.1 Å². The lowest BCUT2D eigenvalue weighted by Crippen LogP contribution is -2.51. The molecule has 1 aliphatic rings. The van der Waals surface area contributed by atoms with Crippen molar-refractivity contribution in [3.8, 4) is 0 Å². The van der Waals surface area contributed by atoms with Crippen molar-refractivity contribution in [2.75, 3.05) is 26.2 Å². The van der Waals surface area contributed by atoms with Gasteiger partial charge in [-0.15, -0.1) is 0 Å². The summed E-state index contributed by atoms with van der Waals surface area (Å²) in [5, 5.41) is 12.6. The first kappa shape index (κ1) is 14.0. The second-order valence-corrected chi connectivity index (χ2v) is 5.16. The molecule has 1 saturated heterocycles. The Hall–Kier alpha value is -1.39. The highest BCUT2D eigenvalue weighted by atomic mass is 16.4. The highest BCUT2D eigenvalue weighted by molar-refractivity contribution is 5.73. The Kier molecular flexibility index (Phi) is 4.93. The SMILES string of the molecule is Cc1ccc(CCC(C(=O)O)N2CCNCC2)cc1. The molecule has 19 heavy (non-hydrogen) atoms. The third-order valence-corrected chi connectivity index (χ3v) is 3.70. The van der Waals surface area contributed by atoms with Crippen LogP contribution in [0.1, 0.15) is 17.5 Å². The molecule has 1 heterocycles. The molecule has 2 N–H and O–H groups in total. The van der Waals surface area contributed by atoms with Gasteiger partial charge in [0.05, 0.1) is 0 Å². The van der Waals surface area contributed by atoms with Crippen molar-refractivity contribution in [3.63, 3.8) is 0 Å². The van der Waals surface area contributed by atoms with Crippen LogP contribution in [0.5, 0.6) is 0 Å². The Morgan fingerprint density at radius 3 is 2.53 bits per heavy atom. The van der Waals surface area contributed by atoms with Gasteiger partial charge >= 0.3 is 5.97 Å². The van der Waals surface area contributed by atoms with Crippen LogP contribution < -0.4 is 5.32 Å². The molecule has 4 nitrogen and oxygen atoms in total. The van der Waals surface area contributed by atoms with E-state index in [-0.39, 0.29) is 6.04 Å². The van der Waals surface area contributed by atoms with Gasteiger partial charge in [-0.3, -0.25) is 9.69 Å². The van der Waals surface area contributed by atoms with Crippen molar-refractivity contribution in [1.82, 2.24) is 10.2 Å². The number of aliphatic carboxylic acids is 1. The first-order chi connectivity index (χ1) is 9.16. The van der Waals surface area contributed by atoms with Crippen LogP contribution in [0.2, 0.25) is 0 Å². The molecule has 104 valence electrons. The van der Waals surface area contributed by atoms with Gasteiger partial charge in [0.1, 0.15) is 6.04 Å². The van der Waals surface area contributed by atoms with Crippen molar-refractivity contribution < 1.29 is 9.90 Å². The van der Waals surface area contributed by atoms with Gasteiger partial charge in [0.25, 0.3) is 0 Å². The lowest BCUT2D eigenvalue weighted by molar-refractivity contribution is -0.143. The number of aryl methyl sites for hydroxylation is 2. The van der Waals surface area contributed by atoms with Gasteiger partial charge in [0, 0.05) is 26.2 Å². The lowest BCUT2D eigenvalue weighted by atomic mass is 10.0. The molecule has 0 bridgehead atoms. The first-order valence-corrected chi connectivity index (χ1v) is 6.90. The molecule has 0 amide bonds. The summed E-state index contributed by atoms with van der Waals surface area (Å²) in [4.78, 5) is 13.5. The van der Waals surface area contributed by atoms with Gasteiger partial charge in [-0.05, 0) is 25.3 Å². The molecule has 1 atom stereocenters. The van der Waals surface area contributed by atoms with Crippen LogP contribution in [-0.4, -0.2) is 48.2 Å². The van der Waals surface area contributed by atoms with Crippen LogP contribution in [0.4, 0.5) is 0 Å². The largest absolute Gasteiger partial charge is 0.480 e. The fourth-order valence-corrected chi connectivity index (χ4v) is 2.51. The smallest absolute Gasteiger partial charge is 0.320 e. The maximum absolute atomic E-state index is 11.4. The Labute approximate surface area is 114 Å². The van der Waals surface area contributed by atoms with E-state index in [1.807, 2.05) is 0 Å². The third kappa shape index (κ3) is 4.04. The Morgan fingerprint density at radius 2 is 1.95 bits per heavy atom. The van der Waals surface area contributed by atoms with E-state index in [9.17, 15) is 9.90 Å². The van der Waals surface area contributed by atoms with Gasteiger partial charge in [-0.2, -0.15) is 0 Å². The number of nitrogens with zero attached hydrogens (tertiary/aromatic N) is 1. The summed E-state index contributed by atoms with van der Waals surface area (Å²) in [6.07, 6.45) is 1.50. The number of carboxylic acid groups (broad SMARTS) is 1. The number of carbonyl (C=O) groups is 1. The van der Waals surface area contributed by atoms with Gasteiger partial charge in [-0.1, -0.05) is 29.8 Å². The molecule has 1 aromatic rings. The number of nitrogens with one attached hydrogen (secondary N) is 1. The molecule has 1 aliphatic heterocycles. The van der Waals surface area contributed by atoms with Crippen LogP contribution in [0.15, 0.2) is 24.3 Å². The molecule has 1 aromatic carbocycles. The summed E-state index contributed by atoms with van der Waals surface area (Å²) in [7, 11) is 0. The molecule has 0 aromatic heterocycles. The molecule has 0 radical (unpaired) electrons. The van der Waals surface area contributed by atoms with E-state index >= 15 is 0 Å². The predicted molar refractivity (Wildman–Crippen MR) is 75.4 cm³/mol. The molecule has 0 spiro atoms.